The smallest absolute Gasteiger partial charge is 0.319 e. The molecule has 25 heavy (non-hydrogen) atoms. The number of hydrogen-bond acceptors (Lipinski definition) is 3. The molecule has 1 aromatic heterocycles. The fraction of sp³-hybridized carbons (Fsp3) is 0.333. The minimum absolute atomic E-state index is 0.195. The SMILES string of the molecule is CCCCCCNC(=O)Nc1ccc(NC(=O)c2ccco2)c(Cl)c1. The number of halogens is 1. The molecular formula is C18H22ClN3O3. The number of unbranched alkanes of at least 4 members (excludes halogenated alkanes) is 3. The highest BCUT2D eigenvalue weighted by Crippen LogP contribution is 2.26. The summed E-state index contributed by atoms with van der Waals surface area (Å²) in [5.41, 5.74) is 0.987. The average Bonchev–Trinajstić information content (AvgIpc) is 3.12. The molecule has 0 radical (unpaired) electrons. The zero-order valence-corrected chi connectivity index (χ0v) is 14.9. The molecule has 3 amide bonds. The van der Waals surface area contributed by atoms with E-state index in [0.717, 1.165) is 19.3 Å². The quantitative estimate of drug-likeness (QED) is 0.584. The van der Waals surface area contributed by atoms with E-state index < -0.39 is 5.91 Å². The van der Waals surface area contributed by atoms with Gasteiger partial charge in [-0.05, 0) is 36.8 Å². The summed E-state index contributed by atoms with van der Waals surface area (Å²) >= 11 is 6.16. The summed E-state index contributed by atoms with van der Waals surface area (Å²) in [5, 5.41) is 8.49. The van der Waals surface area contributed by atoms with Crippen molar-refractivity contribution in [2.24, 2.45) is 0 Å². The average molecular weight is 364 g/mol. The number of urea groups is 1. The fourth-order valence-electron chi connectivity index (χ4n) is 2.21. The van der Waals surface area contributed by atoms with Crippen molar-refractivity contribution in [1.82, 2.24) is 5.32 Å². The van der Waals surface area contributed by atoms with Crippen LogP contribution < -0.4 is 16.0 Å². The van der Waals surface area contributed by atoms with Crippen molar-refractivity contribution in [2.45, 2.75) is 32.6 Å². The minimum atomic E-state index is -0.391. The highest BCUT2D eigenvalue weighted by molar-refractivity contribution is 6.34. The molecule has 2 aromatic rings. The molecule has 0 aliphatic rings. The Bertz CT molecular complexity index is 702. The van der Waals surface area contributed by atoms with Crippen LogP contribution in [0, 0.1) is 0 Å². The van der Waals surface area contributed by atoms with Crippen molar-refractivity contribution in [3.8, 4) is 0 Å². The zero-order valence-electron chi connectivity index (χ0n) is 14.1. The molecule has 1 aromatic carbocycles. The minimum Gasteiger partial charge on any atom is -0.459 e. The normalized spacial score (nSPS) is 10.3. The Balaban J connectivity index is 1.84. The molecule has 6 nitrogen and oxygen atoms in total. The fourth-order valence-corrected chi connectivity index (χ4v) is 2.44. The number of amides is 3. The van der Waals surface area contributed by atoms with Crippen molar-refractivity contribution >= 4 is 34.9 Å². The van der Waals surface area contributed by atoms with Crippen molar-refractivity contribution in [3.05, 3.63) is 47.4 Å². The molecule has 0 fully saturated rings. The number of anilines is 2. The monoisotopic (exact) mass is 363 g/mol. The van der Waals surface area contributed by atoms with Crippen LogP contribution in [-0.2, 0) is 0 Å². The lowest BCUT2D eigenvalue weighted by Crippen LogP contribution is -2.29. The van der Waals surface area contributed by atoms with E-state index in [2.05, 4.69) is 22.9 Å². The molecule has 0 aliphatic carbocycles. The Morgan fingerprint density at radius 1 is 1.12 bits per heavy atom. The molecule has 0 saturated heterocycles. The number of nitrogens with one attached hydrogen (secondary N) is 3. The second-order valence-corrected chi connectivity index (χ2v) is 5.97. The third-order valence-corrected chi connectivity index (χ3v) is 3.85. The lowest BCUT2D eigenvalue weighted by atomic mass is 10.2. The predicted octanol–water partition coefficient (Wildman–Crippen LogP) is 4.89. The third-order valence-electron chi connectivity index (χ3n) is 3.54. The van der Waals surface area contributed by atoms with Crippen LogP contribution in [0.1, 0.15) is 43.2 Å². The molecular weight excluding hydrogens is 342 g/mol. The van der Waals surface area contributed by atoms with E-state index in [4.69, 9.17) is 16.0 Å². The molecule has 0 spiro atoms. The van der Waals surface area contributed by atoms with Gasteiger partial charge in [-0.1, -0.05) is 37.8 Å². The molecule has 7 heteroatoms. The summed E-state index contributed by atoms with van der Waals surface area (Å²) in [5.74, 6) is -0.196. The van der Waals surface area contributed by atoms with Gasteiger partial charge < -0.3 is 20.4 Å². The van der Waals surface area contributed by atoms with Crippen molar-refractivity contribution in [2.75, 3.05) is 17.2 Å². The topological polar surface area (TPSA) is 83.4 Å². The largest absolute Gasteiger partial charge is 0.459 e. The number of rotatable bonds is 8. The van der Waals surface area contributed by atoms with E-state index in [1.54, 1.807) is 30.3 Å². The molecule has 134 valence electrons. The first-order chi connectivity index (χ1) is 12.1. The van der Waals surface area contributed by atoms with Gasteiger partial charge in [0, 0.05) is 12.2 Å². The number of carbonyl (C=O) groups is 2. The maximum absolute atomic E-state index is 11.9. The van der Waals surface area contributed by atoms with E-state index in [1.165, 1.54) is 12.7 Å². The van der Waals surface area contributed by atoms with E-state index in [-0.39, 0.29) is 11.8 Å². The zero-order chi connectivity index (χ0) is 18.1. The van der Waals surface area contributed by atoms with Crippen LogP contribution in [0.2, 0.25) is 5.02 Å². The Morgan fingerprint density at radius 3 is 2.64 bits per heavy atom. The van der Waals surface area contributed by atoms with Gasteiger partial charge in [0.2, 0.25) is 0 Å². The molecule has 0 aliphatic heterocycles. The second-order valence-electron chi connectivity index (χ2n) is 5.57. The summed E-state index contributed by atoms with van der Waals surface area (Å²) in [6, 6.07) is 7.78. The number of benzene rings is 1. The number of furan rings is 1. The summed E-state index contributed by atoms with van der Waals surface area (Å²) in [7, 11) is 0. The van der Waals surface area contributed by atoms with Crippen molar-refractivity contribution in [1.29, 1.82) is 0 Å². The number of hydrogen-bond donors (Lipinski definition) is 3. The lowest BCUT2D eigenvalue weighted by molar-refractivity contribution is 0.0996. The molecule has 3 N–H and O–H groups in total. The van der Waals surface area contributed by atoms with Gasteiger partial charge >= 0.3 is 6.03 Å². The van der Waals surface area contributed by atoms with E-state index >= 15 is 0 Å². The molecule has 2 rings (SSSR count). The standard InChI is InChI=1S/C18H22ClN3O3/c1-2-3-4-5-10-20-18(24)21-13-8-9-15(14(19)12-13)22-17(23)16-7-6-11-25-16/h6-9,11-12H,2-5,10H2,1H3,(H,22,23)(H2,20,21,24). The second kappa shape index (κ2) is 9.74. The lowest BCUT2D eigenvalue weighted by Gasteiger charge is -2.10. The van der Waals surface area contributed by atoms with Gasteiger partial charge in [-0.15, -0.1) is 0 Å². The Morgan fingerprint density at radius 2 is 1.96 bits per heavy atom. The summed E-state index contributed by atoms with van der Waals surface area (Å²) in [6.07, 6.45) is 5.81. The molecule has 0 unspecified atom stereocenters. The van der Waals surface area contributed by atoms with E-state index in [9.17, 15) is 9.59 Å². The van der Waals surface area contributed by atoms with Gasteiger partial charge in [-0.2, -0.15) is 0 Å². The molecule has 0 saturated carbocycles. The first-order valence-electron chi connectivity index (χ1n) is 8.29. The summed E-state index contributed by atoms with van der Waals surface area (Å²) < 4.78 is 5.03. The highest BCUT2D eigenvalue weighted by Gasteiger charge is 2.11. The highest BCUT2D eigenvalue weighted by atomic mass is 35.5. The summed E-state index contributed by atoms with van der Waals surface area (Å²) in [6.45, 7) is 2.78. The van der Waals surface area contributed by atoms with Crippen LogP contribution in [0.25, 0.3) is 0 Å². The first-order valence-corrected chi connectivity index (χ1v) is 8.67. The van der Waals surface area contributed by atoms with E-state index in [1.807, 2.05) is 0 Å². The van der Waals surface area contributed by atoms with Gasteiger partial charge in [0.1, 0.15) is 0 Å². The number of carbonyl (C=O) groups excluding carboxylic acids is 2. The first kappa shape index (κ1) is 18.9. The molecule has 0 bridgehead atoms. The Labute approximate surface area is 151 Å². The molecule has 1 heterocycles. The van der Waals surface area contributed by atoms with Gasteiger partial charge in [-0.25, -0.2) is 4.79 Å². The third kappa shape index (κ3) is 6.15. The van der Waals surface area contributed by atoms with Gasteiger partial charge in [0.15, 0.2) is 5.76 Å². The maximum Gasteiger partial charge on any atom is 0.319 e. The Kier molecular flexibility index (Phi) is 7.35. The van der Waals surface area contributed by atoms with Crippen LogP contribution in [0.4, 0.5) is 16.2 Å². The van der Waals surface area contributed by atoms with E-state index in [0.29, 0.717) is 22.9 Å². The summed E-state index contributed by atoms with van der Waals surface area (Å²) in [4.78, 5) is 23.8. The maximum atomic E-state index is 11.9. The van der Waals surface area contributed by atoms with Crippen LogP contribution in [0.5, 0.6) is 0 Å². The van der Waals surface area contributed by atoms with Crippen LogP contribution in [0.3, 0.4) is 0 Å². The van der Waals surface area contributed by atoms with Crippen molar-refractivity contribution in [3.63, 3.8) is 0 Å². The molecule has 0 atom stereocenters. The van der Waals surface area contributed by atoms with Crippen LogP contribution >= 0.6 is 11.6 Å². The predicted molar refractivity (Wildman–Crippen MR) is 99.3 cm³/mol. The van der Waals surface area contributed by atoms with Gasteiger partial charge in [0.25, 0.3) is 5.91 Å². The van der Waals surface area contributed by atoms with Crippen LogP contribution in [0.15, 0.2) is 41.0 Å². The van der Waals surface area contributed by atoms with Gasteiger partial charge in [-0.3, -0.25) is 4.79 Å². The Hall–Kier alpha value is -2.47. The van der Waals surface area contributed by atoms with Crippen molar-refractivity contribution < 1.29 is 14.0 Å². The van der Waals surface area contributed by atoms with Gasteiger partial charge in [0.05, 0.1) is 17.0 Å². The van der Waals surface area contributed by atoms with Crippen LogP contribution in [-0.4, -0.2) is 18.5 Å².